The van der Waals surface area contributed by atoms with Gasteiger partial charge < -0.3 is 10.1 Å². The van der Waals surface area contributed by atoms with Gasteiger partial charge in [-0.15, -0.1) is 0 Å². The molecule has 0 unspecified atom stereocenters. The lowest BCUT2D eigenvalue weighted by Gasteiger charge is -2.28. The van der Waals surface area contributed by atoms with Gasteiger partial charge in [-0.05, 0) is 55.5 Å². The minimum atomic E-state index is -3.74. The van der Waals surface area contributed by atoms with E-state index in [1.165, 1.54) is 24.8 Å². The Kier molecular flexibility index (Phi) is 9.42. The van der Waals surface area contributed by atoms with E-state index in [2.05, 4.69) is 5.32 Å². The molecule has 0 spiro atoms. The van der Waals surface area contributed by atoms with Crippen molar-refractivity contribution in [2.75, 3.05) is 22.9 Å². The molecule has 0 aliphatic heterocycles. The van der Waals surface area contributed by atoms with Crippen molar-refractivity contribution in [2.24, 2.45) is 0 Å². The zero-order valence-corrected chi connectivity index (χ0v) is 21.7. The molecule has 0 bridgehead atoms. The van der Waals surface area contributed by atoms with Crippen LogP contribution in [-0.2, 0) is 20.6 Å². The maximum absolute atomic E-state index is 13.9. The quantitative estimate of drug-likeness (QED) is 0.329. The Morgan fingerprint density at radius 2 is 1.71 bits per heavy atom. The predicted octanol–water partition coefficient (Wildman–Crippen LogP) is 5.48. The van der Waals surface area contributed by atoms with Crippen molar-refractivity contribution < 1.29 is 22.3 Å². The first-order valence-corrected chi connectivity index (χ1v) is 14.2. The van der Waals surface area contributed by atoms with Gasteiger partial charge in [-0.3, -0.25) is 9.10 Å². The zero-order valence-electron chi connectivity index (χ0n) is 19.3. The molecule has 0 saturated carbocycles. The Morgan fingerprint density at radius 1 is 1.06 bits per heavy atom. The normalized spacial score (nSPS) is 12.1. The van der Waals surface area contributed by atoms with Gasteiger partial charge >= 0.3 is 0 Å². The van der Waals surface area contributed by atoms with Crippen molar-refractivity contribution in [1.82, 2.24) is 5.32 Å². The van der Waals surface area contributed by atoms with Crippen LogP contribution in [0, 0.1) is 5.82 Å². The number of halogens is 2. The molecule has 6 nitrogen and oxygen atoms in total. The number of amides is 1. The number of ether oxygens (including phenoxy) is 1. The zero-order chi connectivity index (χ0) is 25.4. The smallest absolute Gasteiger partial charge is 0.243 e. The van der Waals surface area contributed by atoms with Gasteiger partial charge in [0.2, 0.25) is 15.9 Å². The number of anilines is 1. The lowest BCUT2D eigenvalue weighted by atomic mass is 10.2. The monoisotopic (exact) mass is 536 g/mol. The molecule has 1 amide bonds. The van der Waals surface area contributed by atoms with Crippen LogP contribution in [0.3, 0.4) is 0 Å². The van der Waals surface area contributed by atoms with Crippen LogP contribution in [0.15, 0.2) is 72.8 Å². The standard InChI is InChI=1S/C25H26ClFN2O4S2/c1-18(25(30)28-15-16-34-17-22-23(26)9-6-10-24(22)27)29(35(2,31)32)19-11-13-21(14-12-19)33-20-7-4-3-5-8-20/h3-14,18H,15-17H2,1-2H3,(H,28,30)/t18-/m0/s1. The van der Waals surface area contributed by atoms with Crippen LogP contribution in [0.4, 0.5) is 10.1 Å². The first-order chi connectivity index (χ1) is 16.7. The Labute approximate surface area is 214 Å². The molecule has 35 heavy (non-hydrogen) atoms. The number of nitrogens with one attached hydrogen (secondary N) is 1. The molecular formula is C25H26ClFN2O4S2. The van der Waals surface area contributed by atoms with Crippen LogP contribution < -0.4 is 14.4 Å². The second kappa shape index (κ2) is 12.3. The van der Waals surface area contributed by atoms with Gasteiger partial charge in [-0.1, -0.05) is 35.9 Å². The maximum atomic E-state index is 13.9. The fraction of sp³-hybridized carbons (Fsp3) is 0.240. The lowest BCUT2D eigenvalue weighted by molar-refractivity contribution is -0.121. The summed E-state index contributed by atoms with van der Waals surface area (Å²) in [7, 11) is -3.74. The Balaban J connectivity index is 1.58. The second-order valence-corrected chi connectivity index (χ2v) is 11.1. The van der Waals surface area contributed by atoms with E-state index in [-0.39, 0.29) is 5.82 Å². The molecule has 3 aromatic rings. The number of nitrogens with zero attached hydrogens (tertiary/aromatic N) is 1. The summed E-state index contributed by atoms with van der Waals surface area (Å²) in [5.41, 5.74) is 0.765. The summed E-state index contributed by atoms with van der Waals surface area (Å²) >= 11 is 7.44. The summed E-state index contributed by atoms with van der Waals surface area (Å²) in [5.74, 6) is 1.26. The summed E-state index contributed by atoms with van der Waals surface area (Å²) in [6, 6.07) is 19.2. The van der Waals surface area contributed by atoms with Crippen molar-refractivity contribution in [3.63, 3.8) is 0 Å². The molecule has 0 fully saturated rings. The number of sulfonamides is 1. The molecule has 3 aromatic carbocycles. The van der Waals surface area contributed by atoms with E-state index in [0.29, 0.717) is 45.8 Å². The third-order valence-electron chi connectivity index (χ3n) is 5.01. The minimum absolute atomic E-state index is 0.293. The van der Waals surface area contributed by atoms with E-state index >= 15 is 0 Å². The summed E-state index contributed by atoms with van der Waals surface area (Å²) in [6.07, 6.45) is 1.05. The summed E-state index contributed by atoms with van der Waals surface area (Å²) in [6.45, 7) is 1.82. The second-order valence-electron chi connectivity index (χ2n) is 7.69. The number of hydrogen-bond donors (Lipinski definition) is 1. The molecule has 0 aliphatic rings. The topological polar surface area (TPSA) is 75.7 Å². The lowest BCUT2D eigenvalue weighted by Crippen LogP contribution is -2.48. The van der Waals surface area contributed by atoms with E-state index in [4.69, 9.17) is 16.3 Å². The molecule has 1 N–H and O–H groups in total. The average Bonchev–Trinajstić information content (AvgIpc) is 2.81. The van der Waals surface area contributed by atoms with E-state index in [1.54, 1.807) is 36.4 Å². The Morgan fingerprint density at radius 3 is 2.34 bits per heavy atom. The number of para-hydroxylation sites is 1. The van der Waals surface area contributed by atoms with E-state index < -0.39 is 22.0 Å². The van der Waals surface area contributed by atoms with E-state index in [9.17, 15) is 17.6 Å². The predicted molar refractivity (Wildman–Crippen MR) is 140 cm³/mol. The highest BCUT2D eigenvalue weighted by Gasteiger charge is 2.29. The average molecular weight is 537 g/mol. The number of carbonyl (C=O) groups is 1. The number of benzene rings is 3. The van der Waals surface area contributed by atoms with Gasteiger partial charge in [-0.2, -0.15) is 11.8 Å². The van der Waals surface area contributed by atoms with Crippen molar-refractivity contribution in [2.45, 2.75) is 18.7 Å². The van der Waals surface area contributed by atoms with Crippen LogP contribution in [0.1, 0.15) is 12.5 Å². The third kappa shape index (κ3) is 7.62. The fourth-order valence-corrected chi connectivity index (χ4v) is 5.71. The first kappa shape index (κ1) is 26.8. The van der Waals surface area contributed by atoms with Crippen LogP contribution in [0.25, 0.3) is 0 Å². The number of hydrogen-bond acceptors (Lipinski definition) is 5. The summed E-state index contributed by atoms with van der Waals surface area (Å²) in [5, 5.41) is 3.11. The van der Waals surface area contributed by atoms with Crippen molar-refractivity contribution in [1.29, 1.82) is 0 Å². The molecular weight excluding hydrogens is 511 g/mol. The van der Waals surface area contributed by atoms with Gasteiger partial charge in [0.15, 0.2) is 0 Å². The van der Waals surface area contributed by atoms with Crippen molar-refractivity contribution in [3.05, 3.63) is 89.2 Å². The molecule has 0 heterocycles. The molecule has 0 aromatic heterocycles. The molecule has 0 saturated heterocycles. The SMILES string of the molecule is C[C@@H](C(=O)NCCSCc1c(F)cccc1Cl)N(c1ccc(Oc2ccccc2)cc1)S(C)(=O)=O. The van der Waals surface area contributed by atoms with E-state index in [0.717, 1.165) is 10.6 Å². The van der Waals surface area contributed by atoms with Crippen molar-refractivity contribution >= 4 is 45.0 Å². The van der Waals surface area contributed by atoms with Crippen LogP contribution >= 0.6 is 23.4 Å². The maximum Gasteiger partial charge on any atom is 0.243 e. The molecule has 1 atom stereocenters. The molecule has 0 aliphatic carbocycles. The molecule has 0 radical (unpaired) electrons. The molecule has 10 heteroatoms. The van der Waals surface area contributed by atoms with Crippen LogP contribution in [-0.4, -0.2) is 38.9 Å². The highest BCUT2D eigenvalue weighted by atomic mass is 35.5. The number of thioether (sulfide) groups is 1. The van der Waals surface area contributed by atoms with Gasteiger partial charge in [0.25, 0.3) is 0 Å². The third-order valence-corrected chi connectivity index (χ3v) is 7.59. The van der Waals surface area contributed by atoms with Gasteiger partial charge in [0.05, 0.1) is 11.9 Å². The highest BCUT2D eigenvalue weighted by Crippen LogP contribution is 2.27. The van der Waals surface area contributed by atoms with Crippen LogP contribution in [0.5, 0.6) is 11.5 Å². The van der Waals surface area contributed by atoms with Gasteiger partial charge in [-0.25, -0.2) is 12.8 Å². The largest absolute Gasteiger partial charge is 0.457 e. The molecule has 3 rings (SSSR count). The summed E-state index contributed by atoms with van der Waals surface area (Å²) in [4.78, 5) is 12.7. The summed E-state index contributed by atoms with van der Waals surface area (Å²) < 4.78 is 45.7. The van der Waals surface area contributed by atoms with Crippen molar-refractivity contribution in [3.8, 4) is 11.5 Å². The Bertz CT molecular complexity index is 1220. The van der Waals surface area contributed by atoms with Gasteiger partial charge in [0.1, 0.15) is 23.4 Å². The van der Waals surface area contributed by atoms with Gasteiger partial charge in [0, 0.05) is 28.6 Å². The number of rotatable bonds is 11. The Hall–Kier alpha value is -2.75. The fourth-order valence-electron chi connectivity index (χ4n) is 3.33. The molecule has 186 valence electrons. The first-order valence-electron chi connectivity index (χ1n) is 10.8. The van der Waals surface area contributed by atoms with E-state index in [1.807, 2.05) is 30.3 Å². The minimum Gasteiger partial charge on any atom is -0.457 e. The highest BCUT2D eigenvalue weighted by molar-refractivity contribution is 7.98. The van der Waals surface area contributed by atoms with Crippen LogP contribution in [0.2, 0.25) is 5.02 Å². The number of carbonyl (C=O) groups excluding carboxylic acids is 1.